The van der Waals surface area contributed by atoms with Gasteiger partial charge in [-0.05, 0) is 59.3 Å². The minimum absolute atomic E-state index is 0.219. The molecule has 1 fully saturated rings. The van der Waals surface area contributed by atoms with Crippen LogP contribution in [0.5, 0.6) is 5.75 Å². The van der Waals surface area contributed by atoms with Gasteiger partial charge in [0, 0.05) is 24.7 Å². The van der Waals surface area contributed by atoms with Crippen molar-refractivity contribution in [2.45, 2.75) is 38.0 Å². The lowest BCUT2D eigenvalue weighted by atomic mass is 10.1. The molecule has 0 saturated carbocycles. The SMILES string of the molecule is c1cc(CN[C@H](Cc2ccsc2)c2nccs2)cc(OC[C@H]2CCCO2)c1. The van der Waals surface area contributed by atoms with Crippen LogP contribution in [0.3, 0.4) is 0 Å². The molecule has 6 heteroatoms. The van der Waals surface area contributed by atoms with E-state index in [2.05, 4.69) is 45.3 Å². The van der Waals surface area contributed by atoms with E-state index in [1.54, 1.807) is 22.7 Å². The second-order valence-corrected chi connectivity index (χ2v) is 8.44. The van der Waals surface area contributed by atoms with Gasteiger partial charge in [0.15, 0.2) is 0 Å². The Kier molecular flexibility index (Phi) is 6.53. The predicted octanol–water partition coefficient (Wildman–Crippen LogP) is 4.84. The summed E-state index contributed by atoms with van der Waals surface area (Å²) in [5.41, 5.74) is 2.56. The van der Waals surface area contributed by atoms with Crippen molar-refractivity contribution in [1.29, 1.82) is 0 Å². The fraction of sp³-hybridized carbons (Fsp3) is 0.381. The molecular formula is C21H24N2O2S2. The number of hydrogen-bond acceptors (Lipinski definition) is 6. The Morgan fingerprint density at radius 1 is 1.26 bits per heavy atom. The van der Waals surface area contributed by atoms with Gasteiger partial charge in [-0.15, -0.1) is 11.3 Å². The van der Waals surface area contributed by atoms with Crippen LogP contribution in [0.1, 0.15) is 35.0 Å². The van der Waals surface area contributed by atoms with Crippen molar-refractivity contribution < 1.29 is 9.47 Å². The third kappa shape index (κ3) is 5.39. The number of ether oxygens (including phenoxy) is 2. The fourth-order valence-electron chi connectivity index (χ4n) is 3.25. The molecule has 1 saturated heterocycles. The largest absolute Gasteiger partial charge is 0.491 e. The summed E-state index contributed by atoms with van der Waals surface area (Å²) in [7, 11) is 0. The molecule has 3 aromatic rings. The van der Waals surface area contributed by atoms with Crippen LogP contribution in [0.15, 0.2) is 52.7 Å². The Hall–Kier alpha value is -1.73. The zero-order valence-electron chi connectivity index (χ0n) is 15.2. The highest BCUT2D eigenvalue weighted by Gasteiger charge is 2.17. The van der Waals surface area contributed by atoms with Gasteiger partial charge in [0.25, 0.3) is 0 Å². The molecule has 0 spiro atoms. The molecule has 142 valence electrons. The highest BCUT2D eigenvalue weighted by Crippen LogP contribution is 2.23. The van der Waals surface area contributed by atoms with Crippen molar-refractivity contribution in [1.82, 2.24) is 10.3 Å². The molecule has 4 nitrogen and oxygen atoms in total. The third-order valence-corrected chi connectivity index (χ3v) is 6.30. The van der Waals surface area contributed by atoms with E-state index in [0.717, 1.165) is 43.2 Å². The standard InChI is InChI=1S/C21H24N2O2S2/c1-3-16(11-18(4-1)25-14-19-5-2-8-24-19)13-23-20(21-22-7-10-27-21)12-17-6-9-26-15-17/h1,3-4,6-7,9-11,15,19-20,23H,2,5,8,12-14H2/t19-,20-/m1/s1. The second-order valence-electron chi connectivity index (χ2n) is 6.73. The van der Waals surface area contributed by atoms with Gasteiger partial charge in [-0.3, -0.25) is 0 Å². The number of benzene rings is 1. The molecule has 2 atom stereocenters. The minimum Gasteiger partial charge on any atom is -0.491 e. The summed E-state index contributed by atoms with van der Waals surface area (Å²) >= 11 is 3.44. The van der Waals surface area contributed by atoms with Gasteiger partial charge in [0.1, 0.15) is 17.4 Å². The van der Waals surface area contributed by atoms with Crippen molar-refractivity contribution in [3.8, 4) is 5.75 Å². The van der Waals surface area contributed by atoms with Crippen molar-refractivity contribution in [2.24, 2.45) is 0 Å². The van der Waals surface area contributed by atoms with E-state index < -0.39 is 0 Å². The predicted molar refractivity (Wildman–Crippen MR) is 111 cm³/mol. The molecule has 1 aliphatic rings. The molecule has 1 aliphatic heterocycles. The van der Waals surface area contributed by atoms with E-state index in [-0.39, 0.29) is 12.1 Å². The Morgan fingerprint density at radius 3 is 3.04 bits per heavy atom. The molecule has 3 heterocycles. The summed E-state index contributed by atoms with van der Waals surface area (Å²) in [6.07, 6.45) is 5.31. The van der Waals surface area contributed by atoms with Crippen molar-refractivity contribution >= 4 is 22.7 Å². The van der Waals surface area contributed by atoms with E-state index >= 15 is 0 Å². The molecule has 0 radical (unpaired) electrons. The molecule has 1 aromatic carbocycles. The van der Waals surface area contributed by atoms with Crippen molar-refractivity contribution in [3.05, 3.63) is 68.8 Å². The highest BCUT2D eigenvalue weighted by molar-refractivity contribution is 7.09. The topological polar surface area (TPSA) is 43.4 Å². The van der Waals surface area contributed by atoms with Crippen LogP contribution in [0.25, 0.3) is 0 Å². The maximum absolute atomic E-state index is 5.93. The molecule has 4 rings (SSSR count). The smallest absolute Gasteiger partial charge is 0.119 e. The number of nitrogens with one attached hydrogen (secondary N) is 1. The van der Waals surface area contributed by atoms with Gasteiger partial charge >= 0.3 is 0 Å². The Bertz CT molecular complexity index is 799. The summed E-state index contributed by atoms with van der Waals surface area (Å²) in [6.45, 7) is 2.28. The van der Waals surface area contributed by atoms with Crippen LogP contribution in [-0.4, -0.2) is 24.3 Å². The summed E-state index contributed by atoms with van der Waals surface area (Å²) in [6, 6.07) is 10.7. The van der Waals surface area contributed by atoms with Crippen LogP contribution in [0.2, 0.25) is 0 Å². The molecular weight excluding hydrogens is 376 g/mol. The van der Waals surface area contributed by atoms with Gasteiger partial charge in [0.2, 0.25) is 0 Å². The molecule has 0 amide bonds. The lowest BCUT2D eigenvalue weighted by Crippen LogP contribution is -2.22. The average Bonchev–Trinajstić information content (AvgIpc) is 3.47. The maximum Gasteiger partial charge on any atom is 0.119 e. The lowest BCUT2D eigenvalue weighted by molar-refractivity contribution is 0.0679. The van der Waals surface area contributed by atoms with E-state index in [9.17, 15) is 0 Å². The number of nitrogens with zero attached hydrogens (tertiary/aromatic N) is 1. The van der Waals surface area contributed by atoms with Crippen LogP contribution < -0.4 is 10.1 Å². The normalized spacial score (nSPS) is 17.9. The molecule has 0 unspecified atom stereocenters. The van der Waals surface area contributed by atoms with E-state index in [0.29, 0.717) is 6.61 Å². The van der Waals surface area contributed by atoms with Gasteiger partial charge in [-0.25, -0.2) is 4.98 Å². The van der Waals surface area contributed by atoms with E-state index in [1.165, 1.54) is 11.1 Å². The van der Waals surface area contributed by atoms with Gasteiger partial charge < -0.3 is 14.8 Å². The minimum atomic E-state index is 0.219. The first-order chi connectivity index (χ1) is 13.4. The summed E-state index contributed by atoms with van der Waals surface area (Å²) in [5, 5.41) is 11.2. The van der Waals surface area contributed by atoms with Crippen LogP contribution in [0.4, 0.5) is 0 Å². The Balaban J connectivity index is 1.36. The molecule has 2 aromatic heterocycles. The molecule has 0 bridgehead atoms. The van der Waals surface area contributed by atoms with E-state index in [1.807, 2.05) is 17.6 Å². The zero-order chi connectivity index (χ0) is 18.3. The monoisotopic (exact) mass is 400 g/mol. The zero-order valence-corrected chi connectivity index (χ0v) is 16.8. The van der Waals surface area contributed by atoms with Crippen LogP contribution >= 0.6 is 22.7 Å². The van der Waals surface area contributed by atoms with Crippen molar-refractivity contribution in [3.63, 3.8) is 0 Å². The number of thiazole rings is 1. The number of hydrogen-bond donors (Lipinski definition) is 1. The van der Waals surface area contributed by atoms with Gasteiger partial charge in [-0.1, -0.05) is 12.1 Å². The summed E-state index contributed by atoms with van der Waals surface area (Å²) in [4.78, 5) is 4.52. The first-order valence-corrected chi connectivity index (χ1v) is 11.2. The second kappa shape index (κ2) is 9.46. The lowest BCUT2D eigenvalue weighted by Gasteiger charge is -2.17. The number of rotatable bonds is 9. The summed E-state index contributed by atoms with van der Waals surface area (Å²) in [5.74, 6) is 0.911. The van der Waals surface area contributed by atoms with Gasteiger partial charge in [0.05, 0.1) is 12.1 Å². The van der Waals surface area contributed by atoms with E-state index in [4.69, 9.17) is 9.47 Å². The molecule has 0 aliphatic carbocycles. The molecule has 1 N–H and O–H groups in total. The highest BCUT2D eigenvalue weighted by atomic mass is 32.1. The average molecular weight is 401 g/mol. The molecule has 27 heavy (non-hydrogen) atoms. The third-order valence-electron chi connectivity index (χ3n) is 4.68. The first kappa shape index (κ1) is 18.6. The number of thiophene rings is 1. The quantitative estimate of drug-likeness (QED) is 0.558. The van der Waals surface area contributed by atoms with Crippen molar-refractivity contribution in [2.75, 3.05) is 13.2 Å². The van der Waals surface area contributed by atoms with Gasteiger partial charge in [-0.2, -0.15) is 11.3 Å². The first-order valence-electron chi connectivity index (χ1n) is 9.34. The Morgan fingerprint density at radius 2 is 2.26 bits per heavy atom. The maximum atomic E-state index is 5.93. The van der Waals surface area contributed by atoms with Crippen LogP contribution in [-0.2, 0) is 17.7 Å². The van der Waals surface area contributed by atoms with Crippen LogP contribution in [0, 0.1) is 0 Å². The summed E-state index contributed by atoms with van der Waals surface area (Å²) < 4.78 is 11.6. The number of aromatic nitrogens is 1. The Labute approximate surface area is 168 Å². The fourth-order valence-corrected chi connectivity index (χ4v) is 4.64.